The molecule has 0 amide bonds. The average molecular weight is 411 g/mol. The van der Waals surface area contributed by atoms with Crippen molar-refractivity contribution in [3.63, 3.8) is 0 Å². The van der Waals surface area contributed by atoms with E-state index in [1.165, 1.54) is 18.4 Å². The summed E-state index contributed by atoms with van der Waals surface area (Å²) in [6, 6.07) is 3.20. The van der Waals surface area contributed by atoms with Crippen LogP contribution < -0.4 is 10.6 Å². The second-order valence-corrected chi connectivity index (χ2v) is 8.40. The highest BCUT2D eigenvalue weighted by Gasteiger charge is 2.27. The molecule has 0 spiro atoms. The number of hydrogen-bond donors (Lipinski definition) is 2. The van der Waals surface area contributed by atoms with Gasteiger partial charge < -0.3 is 15.4 Å². The van der Waals surface area contributed by atoms with Gasteiger partial charge in [0.05, 0.1) is 25.1 Å². The van der Waals surface area contributed by atoms with Crippen molar-refractivity contribution in [2.45, 2.75) is 44.7 Å². The summed E-state index contributed by atoms with van der Waals surface area (Å²) in [7, 11) is 1.89. The molecule has 5 rings (SSSR count). The van der Waals surface area contributed by atoms with Gasteiger partial charge in [-0.1, -0.05) is 0 Å². The Morgan fingerprint density at radius 1 is 1.13 bits per heavy atom. The number of nitrogens with zero attached hydrogens (tertiary/aromatic N) is 6. The molecule has 0 radical (unpaired) electrons. The van der Waals surface area contributed by atoms with Crippen molar-refractivity contribution >= 4 is 23.0 Å². The number of hydrogen-bond acceptors (Lipinski definition) is 7. The first-order chi connectivity index (χ1) is 14.7. The average Bonchev–Trinajstić information content (AvgIpc) is 3.34. The third-order valence-electron chi connectivity index (χ3n) is 6.27. The number of aromatic nitrogens is 5. The zero-order valence-electron chi connectivity index (χ0n) is 17.7. The predicted molar refractivity (Wildman–Crippen MR) is 116 cm³/mol. The van der Waals surface area contributed by atoms with E-state index in [2.05, 4.69) is 38.7 Å². The number of aryl methyl sites for hydroxylation is 2. The minimum absolute atomic E-state index is 0.432. The Morgan fingerprint density at radius 2 is 1.93 bits per heavy atom. The molecule has 1 aliphatic heterocycles. The lowest BCUT2D eigenvalue weighted by Crippen LogP contribution is -2.46. The van der Waals surface area contributed by atoms with Crippen LogP contribution in [0.4, 0.5) is 17.5 Å². The normalized spacial score (nSPS) is 23.0. The van der Waals surface area contributed by atoms with E-state index < -0.39 is 0 Å². The van der Waals surface area contributed by atoms with E-state index in [1.807, 2.05) is 24.0 Å². The molecule has 2 aliphatic rings. The second kappa shape index (κ2) is 8.23. The van der Waals surface area contributed by atoms with Crippen LogP contribution in [0.5, 0.6) is 0 Å². The largest absolute Gasteiger partial charge is 0.379 e. The number of fused-ring (bicyclic) bond motifs is 1. The Labute approximate surface area is 176 Å². The summed E-state index contributed by atoms with van der Waals surface area (Å²) in [5, 5.41) is 15.8. The van der Waals surface area contributed by atoms with E-state index >= 15 is 0 Å². The zero-order chi connectivity index (χ0) is 20.5. The van der Waals surface area contributed by atoms with E-state index in [0.29, 0.717) is 18.0 Å². The number of ether oxygens (including phenoxy) is 1. The molecule has 1 aliphatic carbocycles. The molecule has 2 fully saturated rings. The molecule has 0 aromatic carbocycles. The van der Waals surface area contributed by atoms with Crippen molar-refractivity contribution in [3.05, 3.63) is 30.2 Å². The van der Waals surface area contributed by atoms with Crippen LogP contribution in [-0.4, -0.2) is 67.7 Å². The maximum atomic E-state index is 5.51. The van der Waals surface area contributed by atoms with E-state index in [4.69, 9.17) is 9.72 Å². The van der Waals surface area contributed by atoms with Crippen LogP contribution in [0.2, 0.25) is 0 Å². The van der Waals surface area contributed by atoms with Crippen molar-refractivity contribution < 1.29 is 4.74 Å². The molecule has 0 atom stereocenters. The lowest BCUT2D eigenvalue weighted by Gasteiger charge is -2.39. The van der Waals surface area contributed by atoms with Gasteiger partial charge in [-0.25, -0.2) is 4.52 Å². The van der Waals surface area contributed by atoms with Gasteiger partial charge in [0.15, 0.2) is 5.82 Å². The Kier molecular flexibility index (Phi) is 5.30. The number of anilines is 3. The molecule has 9 heteroatoms. The summed E-state index contributed by atoms with van der Waals surface area (Å²) in [5.74, 6) is 1.46. The first-order valence-corrected chi connectivity index (χ1v) is 10.9. The van der Waals surface area contributed by atoms with Crippen LogP contribution in [0.1, 0.15) is 31.2 Å². The van der Waals surface area contributed by atoms with Crippen LogP contribution in [0, 0.1) is 6.92 Å². The fourth-order valence-corrected chi connectivity index (χ4v) is 4.67. The van der Waals surface area contributed by atoms with Crippen molar-refractivity contribution in [2.24, 2.45) is 7.05 Å². The van der Waals surface area contributed by atoms with Gasteiger partial charge in [-0.05, 0) is 44.2 Å². The summed E-state index contributed by atoms with van der Waals surface area (Å²) in [4.78, 5) is 7.43. The van der Waals surface area contributed by atoms with E-state index in [-0.39, 0.29) is 0 Å². The van der Waals surface area contributed by atoms with Gasteiger partial charge in [0, 0.05) is 44.6 Å². The molecule has 4 heterocycles. The van der Waals surface area contributed by atoms with Crippen LogP contribution in [0.15, 0.2) is 24.7 Å². The molecule has 2 N–H and O–H groups in total. The molecule has 0 bridgehead atoms. The molecular weight excluding hydrogens is 380 g/mol. The molecule has 30 heavy (non-hydrogen) atoms. The van der Waals surface area contributed by atoms with Gasteiger partial charge in [-0.2, -0.15) is 10.1 Å². The molecule has 3 aromatic rings. The molecule has 9 nitrogen and oxygen atoms in total. The minimum atomic E-state index is 0.432. The highest BCUT2D eigenvalue weighted by Crippen LogP contribution is 2.28. The Hall–Kier alpha value is -2.65. The van der Waals surface area contributed by atoms with E-state index in [1.54, 1.807) is 10.9 Å². The van der Waals surface area contributed by atoms with Gasteiger partial charge in [-0.15, -0.1) is 5.10 Å². The Bertz CT molecular complexity index is 998. The summed E-state index contributed by atoms with van der Waals surface area (Å²) >= 11 is 0. The van der Waals surface area contributed by atoms with Gasteiger partial charge in [0.1, 0.15) is 5.52 Å². The second-order valence-electron chi connectivity index (χ2n) is 8.40. The van der Waals surface area contributed by atoms with Gasteiger partial charge in [0.2, 0.25) is 5.95 Å². The van der Waals surface area contributed by atoms with Crippen LogP contribution in [0.25, 0.3) is 5.52 Å². The molecule has 0 unspecified atom stereocenters. The van der Waals surface area contributed by atoms with Crippen molar-refractivity contribution in [3.8, 4) is 0 Å². The van der Waals surface area contributed by atoms with Crippen LogP contribution in [-0.2, 0) is 11.8 Å². The smallest absolute Gasteiger partial charge is 0.247 e. The summed E-state index contributed by atoms with van der Waals surface area (Å²) in [5.41, 5.74) is 3.09. The standard InChI is InChI=1S/C21H30N8O/c1-15-7-8-29-19(15)20(25-21(26-29)24-17-13-22-27(2)14-17)23-16-3-5-18(6-4-16)28-9-11-30-12-10-28/h7-8,13-14,16,18H,3-6,9-12H2,1-2H3,(H2,23,24,25,26)/t16-,18-. The number of nitrogens with one attached hydrogen (secondary N) is 2. The van der Waals surface area contributed by atoms with Crippen molar-refractivity contribution in [1.29, 1.82) is 0 Å². The van der Waals surface area contributed by atoms with Gasteiger partial charge in [-0.3, -0.25) is 9.58 Å². The topological polar surface area (TPSA) is 84.5 Å². The number of rotatable bonds is 5. The summed E-state index contributed by atoms with van der Waals surface area (Å²) in [6.45, 7) is 5.99. The Morgan fingerprint density at radius 3 is 2.67 bits per heavy atom. The van der Waals surface area contributed by atoms with E-state index in [0.717, 1.165) is 56.2 Å². The fourth-order valence-electron chi connectivity index (χ4n) is 4.67. The fraction of sp³-hybridized carbons (Fsp3) is 0.571. The number of morpholine rings is 1. The maximum absolute atomic E-state index is 5.51. The lowest BCUT2D eigenvalue weighted by atomic mass is 9.90. The van der Waals surface area contributed by atoms with Crippen molar-refractivity contribution in [1.82, 2.24) is 29.3 Å². The third-order valence-corrected chi connectivity index (χ3v) is 6.27. The summed E-state index contributed by atoms with van der Waals surface area (Å²) in [6.07, 6.45) is 10.4. The monoisotopic (exact) mass is 410 g/mol. The minimum Gasteiger partial charge on any atom is -0.379 e. The van der Waals surface area contributed by atoms with Crippen LogP contribution >= 0.6 is 0 Å². The first kappa shape index (κ1) is 19.3. The van der Waals surface area contributed by atoms with Gasteiger partial charge >= 0.3 is 0 Å². The van der Waals surface area contributed by atoms with E-state index in [9.17, 15) is 0 Å². The highest BCUT2D eigenvalue weighted by molar-refractivity contribution is 5.73. The Balaban J connectivity index is 1.31. The predicted octanol–water partition coefficient (Wildman–Crippen LogP) is 2.57. The molecule has 3 aromatic heterocycles. The van der Waals surface area contributed by atoms with Gasteiger partial charge in [0.25, 0.3) is 0 Å². The first-order valence-electron chi connectivity index (χ1n) is 10.9. The molecular formula is C21H30N8O. The lowest BCUT2D eigenvalue weighted by molar-refractivity contribution is 0.00791. The molecule has 1 saturated carbocycles. The zero-order valence-corrected chi connectivity index (χ0v) is 17.7. The quantitative estimate of drug-likeness (QED) is 0.669. The molecule has 1 saturated heterocycles. The molecule has 160 valence electrons. The maximum Gasteiger partial charge on any atom is 0.247 e. The highest BCUT2D eigenvalue weighted by atomic mass is 16.5. The summed E-state index contributed by atoms with van der Waals surface area (Å²) < 4.78 is 9.17. The van der Waals surface area contributed by atoms with Crippen LogP contribution in [0.3, 0.4) is 0 Å². The SMILES string of the molecule is Cc1ccn2nc(Nc3cnn(C)c3)nc(N[C@H]3CC[C@H](N4CCOCC4)CC3)c12. The third kappa shape index (κ3) is 3.99. The van der Waals surface area contributed by atoms with Crippen molar-refractivity contribution in [2.75, 3.05) is 36.9 Å².